The predicted octanol–water partition coefficient (Wildman–Crippen LogP) is 0.683. The summed E-state index contributed by atoms with van der Waals surface area (Å²) < 4.78 is 52.2. The van der Waals surface area contributed by atoms with Crippen LogP contribution in [0.4, 0.5) is 8.78 Å². The zero-order chi connectivity index (χ0) is 19.0. The summed E-state index contributed by atoms with van der Waals surface area (Å²) in [6.07, 6.45) is 0. The van der Waals surface area contributed by atoms with Gasteiger partial charge in [0.15, 0.2) is 15.8 Å². The van der Waals surface area contributed by atoms with Crippen LogP contribution in [0, 0.1) is 0 Å². The summed E-state index contributed by atoms with van der Waals surface area (Å²) in [5.41, 5.74) is 0.594. The Morgan fingerprint density at radius 1 is 1.27 bits per heavy atom. The molecule has 1 fully saturated rings. The first-order valence-corrected chi connectivity index (χ1v) is 10.1. The number of sulfone groups is 1. The molecule has 1 aromatic carbocycles. The lowest BCUT2D eigenvalue weighted by Gasteiger charge is -2.26. The van der Waals surface area contributed by atoms with Gasteiger partial charge in [0.1, 0.15) is 5.75 Å². The number of hydrogen-bond donors (Lipinski definition) is 2. The van der Waals surface area contributed by atoms with Gasteiger partial charge in [-0.05, 0) is 6.07 Å². The monoisotopic (exact) mass is 390 g/mol. The van der Waals surface area contributed by atoms with E-state index in [-0.39, 0.29) is 23.8 Å². The fraction of sp³-hybridized carbons (Fsp3) is 0.562. The van der Waals surface area contributed by atoms with Crippen molar-refractivity contribution >= 4 is 15.8 Å². The molecular formula is C16H24F2N4O3S. The zero-order valence-corrected chi connectivity index (χ0v) is 15.4. The summed E-state index contributed by atoms with van der Waals surface area (Å²) in [5, 5.41) is 6.18. The van der Waals surface area contributed by atoms with E-state index in [4.69, 9.17) is 0 Å². The van der Waals surface area contributed by atoms with E-state index >= 15 is 0 Å². The maximum Gasteiger partial charge on any atom is 0.387 e. The average molecular weight is 390 g/mol. The molecule has 2 rings (SSSR count). The molecule has 0 atom stereocenters. The highest BCUT2D eigenvalue weighted by Crippen LogP contribution is 2.19. The fourth-order valence-corrected chi connectivity index (χ4v) is 3.84. The van der Waals surface area contributed by atoms with Crippen LogP contribution >= 0.6 is 0 Å². The van der Waals surface area contributed by atoms with Crippen molar-refractivity contribution in [2.75, 3.05) is 44.7 Å². The third-order valence-electron chi connectivity index (χ3n) is 4.02. The van der Waals surface area contributed by atoms with E-state index in [0.717, 1.165) is 0 Å². The summed E-state index contributed by atoms with van der Waals surface area (Å²) in [4.78, 5) is 6.17. The first-order valence-electron chi connectivity index (χ1n) is 8.29. The predicted molar refractivity (Wildman–Crippen MR) is 96.4 cm³/mol. The highest BCUT2D eigenvalue weighted by molar-refractivity contribution is 7.91. The smallest absolute Gasteiger partial charge is 0.387 e. The molecule has 0 amide bonds. The van der Waals surface area contributed by atoms with Crippen molar-refractivity contribution in [3.63, 3.8) is 0 Å². The standard InChI is InChI=1S/C16H24F2N4O3S/c1-19-16(20-6-7-22-8-10-26(23,24)11-9-22)21-12-13-4-2-3-5-14(13)25-15(17)18/h2-5,15H,6-12H2,1H3,(H2,19,20,21). The third kappa shape index (κ3) is 6.75. The number of para-hydroxylation sites is 1. The van der Waals surface area contributed by atoms with Crippen molar-refractivity contribution in [2.45, 2.75) is 13.2 Å². The van der Waals surface area contributed by atoms with E-state index in [9.17, 15) is 17.2 Å². The van der Waals surface area contributed by atoms with Gasteiger partial charge in [-0.25, -0.2) is 8.42 Å². The number of guanidine groups is 1. The van der Waals surface area contributed by atoms with E-state index < -0.39 is 16.4 Å². The highest BCUT2D eigenvalue weighted by Gasteiger charge is 2.20. The van der Waals surface area contributed by atoms with Crippen LogP contribution in [0.2, 0.25) is 0 Å². The van der Waals surface area contributed by atoms with E-state index in [2.05, 4.69) is 25.3 Å². The molecule has 1 aliphatic heterocycles. The van der Waals surface area contributed by atoms with Crippen molar-refractivity contribution in [3.05, 3.63) is 29.8 Å². The summed E-state index contributed by atoms with van der Waals surface area (Å²) in [7, 11) is -1.26. The Kier molecular flexibility index (Phi) is 7.58. The molecule has 10 heteroatoms. The quantitative estimate of drug-likeness (QED) is 0.526. The van der Waals surface area contributed by atoms with Crippen LogP contribution in [0.15, 0.2) is 29.3 Å². The van der Waals surface area contributed by atoms with Gasteiger partial charge in [0.2, 0.25) is 0 Å². The molecular weight excluding hydrogens is 366 g/mol. The Morgan fingerprint density at radius 3 is 2.62 bits per heavy atom. The minimum atomic E-state index is -2.88. The lowest BCUT2D eigenvalue weighted by molar-refractivity contribution is -0.0504. The number of nitrogens with zero attached hydrogens (tertiary/aromatic N) is 2. The normalized spacial score (nSPS) is 17.9. The van der Waals surface area contributed by atoms with Gasteiger partial charge in [-0.2, -0.15) is 8.78 Å². The van der Waals surface area contributed by atoms with Crippen molar-refractivity contribution in [1.82, 2.24) is 15.5 Å². The molecule has 0 radical (unpaired) electrons. The molecule has 1 saturated heterocycles. The Morgan fingerprint density at radius 2 is 1.96 bits per heavy atom. The summed E-state index contributed by atoms with van der Waals surface area (Å²) in [5.74, 6) is 1.04. The molecule has 0 saturated carbocycles. The highest BCUT2D eigenvalue weighted by atomic mass is 32.2. The van der Waals surface area contributed by atoms with Gasteiger partial charge in [-0.15, -0.1) is 0 Å². The number of rotatable bonds is 7. The van der Waals surface area contributed by atoms with Crippen LogP contribution < -0.4 is 15.4 Å². The van der Waals surface area contributed by atoms with Gasteiger partial charge in [0, 0.05) is 45.3 Å². The SMILES string of the molecule is CN=C(NCCN1CCS(=O)(=O)CC1)NCc1ccccc1OC(F)F. The zero-order valence-electron chi connectivity index (χ0n) is 14.6. The largest absolute Gasteiger partial charge is 0.434 e. The molecule has 0 spiro atoms. The molecule has 0 bridgehead atoms. The fourth-order valence-electron chi connectivity index (χ4n) is 2.57. The van der Waals surface area contributed by atoms with Gasteiger partial charge in [0.05, 0.1) is 11.5 Å². The van der Waals surface area contributed by atoms with E-state index in [1.807, 2.05) is 0 Å². The van der Waals surface area contributed by atoms with E-state index in [1.165, 1.54) is 6.07 Å². The van der Waals surface area contributed by atoms with Crippen LogP contribution in [0.1, 0.15) is 5.56 Å². The van der Waals surface area contributed by atoms with Crippen LogP contribution in [0.5, 0.6) is 5.75 Å². The van der Waals surface area contributed by atoms with Gasteiger partial charge in [-0.3, -0.25) is 9.89 Å². The van der Waals surface area contributed by atoms with Gasteiger partial charge in [-0.1, -0.05) is 18.2 Å². The van der Waals surface area contributed by atoms with Crippen molar-refractivity contribution in [1.29, 1.82) is 0 Å². The molecule has 26 heavy (non-hydrogen) atoms. The van der Waals surface area contributed by atoms with Crippen LogP contribution in [0.25, 0.3) is 0 Å². The van der Waals surface area contributed by atoms with Crippen molar-refractivity contribution in [2.24, 2.45) is 4.99 Å². The maximum absolute atomic E-state index is 12.4. The molecule has 146 valence electrons. The number of nitrogens with one attached hydrogen (secondary N) is 2. The number of aliphatic imine (C=N–C) groups is 1. The summed E-state index contributed by atoms with van der Waals surface area (Å²) in [6, 6.07) is 6.57. The summed E-state index contributed by atoms with van der Waals surface area (Å²) in [6.45, 7) is -0.231. The molecule has 0 aliphatic carbocycles. The molecule has 2 N–H and O–H groups in total. The first kappa shape index (κ1) is 20.4. The van der Waals surface area contributed by atoms with E-state index in [0.29, 0.717) is 37.7 Å². The lowest BCUT2D eigenvalue weighted by atomic mass is 10.2. The van der Waals surface area contributed by atoms with Gasteiger partial charge < -0.3 is 15.4 Å². The number of ether oxygens (including phenoxy) is 1. The Hall–Kier alpha value is -1.94. The molecule has 7 nitrogen and oxygen atoms in total. The maximum atomic E-state index is 12.4. The van der Waals surface area contributed by atoms with Crippen molar-refractivity contribution in [3.8, 4) is 5.75 Å². The molecule has 1 aromatic rings. The Bertz CT molecular complexity index is 699. The minimum Gasteiger partial charge on any atom is -0.434 e. The number of benzene rings is 1. The second-order valence-corrected chi connectivity index (χ2v) is 8.14. The van der Waals surface area contributed by atoms with E-state index in [1.54, 1.807) is 25.2 Å². The van der Waals surface area contributed by atoms with Gasteiger partial charge in [0.25, 0.3) is 0 Å². The first-order chi connectivity index (χ1) is 12.4. The molecule has 0 unspecified atom stereocenters. The number of alkyl halides is 2. The Labute approximate surface area is 152 Å². The Balaban J connectivity index is 1.76. The van der Waals surface area contributed by atoms with Crippen LogP contribution in [-0.2, 0) is 16.4 Å². The average Bonchev–Trinajstić information content (AvgIpc) is 2.60. The van der Waals surface area contributed by atoms with Crippen molar-refractivity contribution < 1.29 is 21.9 Å². The second kappa shape index (κ2) is 9.67. The summed E-state index contributed by atoms with van der Waals surface area (Å²) >= 11 is 0. The second-order valence-electron chi connectivity index (χ2n) is 5.83. The molecule has 1 heterocycles. The van der Waals surface area contributed by atoms with Gasteiger partial charge >= 0.3 is 6.61 Å². The third-order valence-corrected chi connectivity index (χ3v) is 5.63. The molecule has 0 aromatic heterocycles. The topological polar surface area (TPSA) is 83.0 Å². The van der Waals surface area contributed by atoms with Crippen LogP contribution in [0.3, 0.4) is 0 Å². The minimum absolute atomic E-state index is 0.125. The molecule has 1 aliphatic rings. The number of hydrogen-bond acceptors (Lipinski definition) is 5. The van der Waals surface area contributed by atoms with Crippen LogP contribution in [-0.4, -0.2) is 70.6 Å². The number of halogens is 2. The lowest BCUT2D eigenvalue weighted by Crippen LogP contribution is -2.45.